The third-order valence-electron chi connectivity index (χ3n) is 4.00. The molecule has 1 fully saturated rings. The molecular weight excluding hydrogens is 222 g/mol. The molecule has 0 bridgehead atoms. The summed E-state index contributed by atoms with van der Waals surface area (Å²) in [5.41, 5.74) is 0.979. The van der Waals surface area contributed by atoms with Gasteiger partial charge in [-0.15, -0.1) is 0 Å². The number of aromatic amines is 1. The van der Waals surface area contributed by atoms with Crippen molar-refractivity contribution in [3.8, 4) is 0 Å². The number of aromatic carboxylic acids is 1. The first-order chi connectivity index (χ1) is 7.96. The summed E-state index contributed by atoms with van der Waals surface area (Å²) in [5.74, 6) is -0.893. The Hall–Kier alpha value is -1.75. The van der Waals surface area contributed by atoms with E-state index in [1.165, 1.54) is 6.08 Å². The van der Waals surface area contributed by atoms with Gasteiger partial charge in [-0.25, -0.2) is 4.79 Å². The fourth-order valence-corrected chi connectivity index (χ4v) is 2.93. The molecule has 1 heterocycles. The van der Waals surface area contributed by atoms with E-state index in [9.17, 15) is 15.0 Å². The molecule has 2 aliphatic carbocycles. The number of carbonyl (C=O) groups is 1. The topological polar surface area (TPSA) is 93.5 Å². The zero-order valence-corrected chi connectivity index (χ0v) is 9.27. The lowest BCUT2D eigenvalue weighted by molar-refractivity contribution is 0.0691. The Labute approximate surface area is 97.4 Å². The predicted molar refractivity (Wildman–Crippen MR) is 59.8 cm³/mol. The number of aliphatic hydroxyl groups is 2. The number of H-pyrrole nitrogens is 1. The van der Waals surface area contributed by atoms with Gasteiger partial charge in [-0.05, 0) is 24.0 Å². The lowest BCUT2D eigenvalue weighted by Crippen LogP contribution is -2.32. The van der Waals surface area contributed by atoms with Gasteiger partial charge in [0.25, 0.3) is 0 Å². The third kappa shape index (κ3) is 1.14. The van der Waals surface area contributed by atoms with Crippen molar-refractivity contribution < 1.29 is 20.1 Å². The molecule has 0 saturated heterocycles. The SMILES string of the molecule is CC1C[C@@]12c1cc(C(=O)O)[nH]c1C=C(O)C2O. The highest BCUT2D eigenvalue weighted by Gasteiger charge is 2.61. The number of fused-ring (bicyclic) bond motifs is 2. The second-order valence-corrected chi connectivity index (χ2v) is 4.93. The van der Waals surface area contributed by atoms with Crippen LogP contribution in [0.1, 0.15) is 35.1 Å². The van der Waals surface area contributed by atoms with E-state index in [0.717, 1.165) is 12.0 Å². The van der Waals surface area contributed by atoms with E-state index in [2.05, 4.69) is 4.98 Å². The summed E-state index contributed by atoms with van der Waals surface area (Å²) in [6.07, 6.45) is 1.24. The van der Waals surface area contributed by atoms with E-state index >= 15 is 0 Å². The lowest BCUT2D eigenvalue weighted by Gasteiger charge is -2.27. The Morgan fingerprint density at radius 2 is 2.24 bits per heavy atom. The summed E-state index contributed by atoms with van der Waals surface area (Å²) in [6, 6.07) is 1.56. The van der Waals surface area contributed by atoms with Crippen LogP contribution in [0.2, 0.25) is 0 Å². The highest BCUT2D eigenvalue weighted by Crippen LogP contribution is 2.60. The van der Waals surface area contributed by atoms with Crippen LogP contribution in [0.5, 0.6) is 0 Å². The Balaban J connectivity index is 2.19. The number of hydrogen-bond donors (Lipinski definition) is 4. The lowest BCUT2D eigenvalue weighted by atomic mass is 9.82. The minimum absolute atomic E-state index is 0.0895. The first-order valence-corrected chi connectivity index (χ1v) is 5.52. The summed E-state index contributed by atoms with van der Waals surface area (Å²) in [7, 11) is 0. The number of nitrogens with one attached hydrogen (secondary N) is 1. The van der Waals surface area contributed by atoms with Crippen LogP contribution in [-0.2, 0) is 5.41 Å². The molecule has 1 saturated carbocycles. The van der Waals surface area contributed by atoms with Gasteiger partial charge < -0.3 is 20.3 Å². The molecule has 0 aromatic carbocycles. The van der Waals surface area contributed by atoms with Gasteiger partial charge in [0, 0.05) is 17.2 Å². The molecular formula is C12H13NO4. The molecule has 3 rings (SSSR count). The van der Waals surface area contributed by atoms with Crippen molar-refractivity contribution in [1.82, 2.24) is 4.98 Å². The van der Waals surface area contributed by atoms with Crippen molar-refractivity contribution in [1.29, 1.82) is 0 Å². The van der Waals surface area contributed by atoms with Crippen molar-refractivity contribution in [3.63, 3.8) is 0 Å². The molecule has 1 aromatic rings. The van der Waals surface area contributed by atoms with E-state index in [-0.39, 0.29) is 17.4 Å². The van der Waals surface area contributed by atoms with Gasteiger partial charge in [0.15, 0.2) is 0 Å². The highest BCUT2D eigenvalue weighted by molar-refractivity contribution is 5.87. The largest absolute Gasteiger partial charge is 0.509 e. The van der Waals surface area contributed by atoms with Crippen molar-refractivity contribution >= 4 is 12.0 Å². The summed E-state index contributed by atoms with van der Waals surface area (Å²) >= 11 is 0. The average molecular weight is 235 g/mol. The molecule has 1 aromatic heterocycles. The standard InChI is InChI=1S/C12H13NO4/c1-5-4-12(5)6-2-8(11(16)17)13-7(6)3-9(14)10(12)15/h2-3,5,10,13-15H,4H2,1H3,(H,16,17)/t5?,10?,12-/m0/s1. The van der Waals surface area contributed by atoms with Gasteiger partial charge in [-0.1, -0.05) is 6.92 Å². The fraction of sp³-hybridized carbons (Fsp3) is 0.417. The van der Waals surface area contributed by atoms with E-state index in [0.29, 0.717) is 5.69 Å². The molecule has 0 radical (unpaired) electrons. The van der Waals surface area contributed by atoms with E-state index < -0.39 is 17.5 Å². The van der Waals surface area contributed by atoms with Crippen LogP contribution in [-0.4, -0.2) is 32.4 Å². The van der Waals surface area contributed by atoms with Crippen LogP contribution < -0.4 is 0 Å². The number of aliphatic hydroxyl groups excluding tert-OH is 2. The molecule has 3 atom stereocenters. The molecule has 0 aliphatic heterocycles. The van der Waals surface area contributed by atoms with Crippen molar-refractivity contribution in [2.75, 3.05) is 0 Å². The Kier molecular flexibility index (Phi) is 1.79. The molecule has 1 spiro atoms. The van der Waals surface area contributed by atoms with Gasteiger partial charge in [0.2, 0.25) is 0 Å². The van der Waals surface area contributed by atoms with Crippen LogP contribution in [0.3, 0.4) is 0 Å². The van der Waals surface area contributed by atoms with Crippen LogP contribution >= 0.6 is 0 Å². The minimum Gasteiger partial charge on any atom is -0.509 e. The maximum atomic E-state index is 10.9. The summed E-state index contributed by atoms with van der Waals surface area (Å²) in [6.45, 7) is 1.99. The Morgan fingerprint density at radius 3 is 2.76 bits per heavy atom. The molecule has 4 N–H and O–H groups in total. The zero-order chi connectivity index (χ0) is 12.4. The second kappa shape index (κ2) is 2.92. The minimum atomic E-state index is -1.04. The average Bonchev–Trinajstić information content (AvgIpc) is 2.72. The monoisotopic (exact) mass is 235 g/mol. The van der Waals surface area contributed by atoms with Gasteiger partial charge in [-0.3, -0.25) is 0 Å². The Bertz CT molecular complexity index is 545. The number of aromatic nitrogens is 1. The smallest absolute Gasteiger partial charge is 0.352 e. The fourth-order valence-electron chi connectivity index (χ4n) is 2.93. The number of hydrogen-bond acceptors (Lipinski definition) is 3. The molecule has 17 heavy (non-hydrogen) atoms. The first kappa shape index (κ1) is 10.4. The third-order valence-corrected chi connectivity index (χ3v) is 4.00. The number of carboxylic acids is 1. The Morgan fingerprint density at radius 1 is 1.59 bits per heavy atom. The van der Waals surface area contributed by atoms with E-state index in [1.807, 2.05) is 6.92 Å². The van der Waals surface area contributed by atoms with Crippen LogP contribution in [0, 0.1) is 5.92 Å². The van der Waals surface area contributed by atoms with Crippen LogP contribution in [0.25, 0.3) is 6.08 Å². The first-order valence-electron chi connectivity index (χ1n) is 5.52. The molecule has 90 valence electrons. The second-order valence-electron chi connectivity index (χ2n) is 4.93. The van der Waals surface area contributed by atoms with Gasteiger partial charge >= 0.3 is 5.97 Å². The summed E-state index contributed by atoms with van der Waals surface area (Å²) < 4.78 is 0. The van der Waals surface area contributed by atoms with Crippen LogP contribution in [0.15, 0.2) is 11.8 Å². The van der Waals surface area contributed by atoms with Gasteiger partial charge in [-0.2, -0.15) is 0 Å². The quantitative estimate of drug-likeness (QED) is 0.589. The van der Waals surface area contributed by atoms with Crippen molar-refractivity contribution in [2.24, 2.45) is 5.92 Å². The summed E-state index contributed by atoms with van der Waals surface area (Å²) in [4.78, 5) is 13.7. The number of carboxylic acid groups (broad SMARTS) is 1. The summed E-state index contributed by atoms with van der Waals surface area (Å²) in [5, 5.41) is 28.7. The van der Waals surface area contributed by atoms with Crippen LogP contribution in [0.4, 0.5) is 0 Å². The number of rotatable bonds is 1. The molecule has 2 aliphatic rings. The zero-order valence-electron chi connectivity index (χ0n) is 9.27. The van der Waals surface area contributed by atoms with Gasteiger partial charge in [0.05, 0.1) is 0 Å². The predicted octanol–water partition coefficient (Wildman–Crippen LogP) is 1.26. The molecule has 5 nitrogen and oxygen atoms in total. The van der Waals surface area contributed by atoms with Gasteiger partial charge in [0.1, 0.15) is 17.6 Å². The van der Waals surface area contributed by atoms with Crippen molar-refractivity contribution in [2.45, 2.75) is 24.9 Å². The molecule has 2 unspecified atom stereocenters. The molecule has 0 amide bonds. The maximum Gasteiger partial charge on any atom is 0.352 e. The van der Waals surface area contributed by atoms with E-state index in [1.54, 1.807) is 6.07 Å². The molecule has 5 heteroatoms. The van der Waals surface area contributed by atoms with Crippen molar-refractivity contribution in [3.05, 3.63) is 28.8 Å². The van der Waals surface area contributed by atoms with E-state index in [4.69, 9.17) is 5.11 Å². The normalized spacial score (nSPS) is 34.4. The maximum absolute atomic E-state index is 10.9. The highest BCUT2D eigenvalue weighted by atomic mass is 16.4.